The molecule has 18 heavy (non-hydrogen) atoms. The minimum Gasteiger partial charge on any atom is -0.468 e. The fourth-order valence-electron chi connectivity index (χ4n) is 3.66. The average Bonchev–Trinajstić information content (AvgIpc) is 2.93. The highest BCUT2D eigenvalue weighted by Crippen LogP contribution is 2.38. The van der Waals surface area contributed by atoms with Gasteiger partial charge in [0.05, 0.1) is 12.3 Å². The lowest BCUT2D eigenvalue weighted by molar-refractivity contribution is 0.0360. The summed E-state index contributed by atoms with van der Waals surface area (Å²) < 4.78 is 5.57. The summed E-state index contributed by atoms with van der Waals surface area (Å²) in [6, 6.07) is 4.51. The molecule has 0 aromatic carbocycles. The molecule has 2 saturated heterocycles. The molecule has 1 spiro atoms. The Morgan fingerprint density at radius 2 is 2.28 bits per heavy atom. The van der Waals surface area contributed by atoms with Gasteiger partial charge in [-0.05, 0) is 63.2 Å². The fourth-order valence-corrected chi connectivity index (χ4v) is 3.66. The molecular formula is C15H24N2O. The van der Waals surface area contributed by atoms with Crippen molar-refractivity contribution in [1.82, 2.24) is 10.2 Å². The smallest absolute Gasteiger partial charge is 0.120 e. The fraction of sp³-hybridized carbons (Fsp3) is 0.733. The summed E-state index contributed by atoms with van der Waals surface area (Å²) in [5.41, 5.74) is 0.525. The molecule has 2 aliphatic rings. The van der Waals surface area contributed by atoms with E-state index in [-0.39, 0.29) is 0 Å². The molecular weight excluding hydrogens is 224 g/mol. The van der Waals surface area contributed by atoms with Gasteiger partial charge in [-0.2, -0.15) is 0 Å². The van der Waals surface area contributed by atoms with Crippen molar-refractivity contribution in [3.05, 3.63) is 24.2 Å². The van der Waals surface area contributed by atoms with Gasteiger partial charge in [-0.25, -0.2) is 0 Å². The van der Waals surface area contributed by atoms with E-state index < -0.39 is 0 Å². The predicted molar refractivity (Wildman–Crippen MR) is 72.5 cm³/mol. The van der Waals surface area contributed by atoms with Crippen molar-refractivity contribution in [3.8, 4) is 0 Å². The van der Waals surface area contributed by atoms with Crippen LogP contribution in [0, 0.1) is 5.41 Å². The summed E-state index contributed by atoms with van der Waals surface area (Å²) in [7, 11) is 0. The van der Waals surface area contributed by atoms with Crippen LogP contribution in [0.5, 0.6) is 0 Å². The van der Waals surface area contributed by atoms with Gasteiger partial charge in [0.1, 0.15) is 5.76 Å². The van der Waals surface area contributed by atoms with Gasteiger partial charge in [0, 0.05) is 13.1 Å². The van der Waals surface area contributed by atoms with E-state index in [1.54, 1.807) is 6.26 Å². The first-order valence-electron chi connectivity index (χ1n) is 7.27. The Balaban J connectivity index is 1.70. The summed E-state index contributed by atoms with van der Waals surface area (Å²) in [5, 5.41) is 3.59. The van der Waals surface area contributed by atoms with Crippen molar-refractivity contribution in [2.75, 3.05) is 26.2 Å². The number of nitrogens with one attached hydrogen (secondary N) is 1. The molecule has 0 saturated carbocycles. The van der Waals surface area contributed by atoms with Crippen molar-refractivity contribution in [1.29, 1.82) is 0 Å². The lowest BCUT2D eigenvalue weighted by atomic mass is 9.74. The lowest BCUT2D eigenvalue weighted by Gasteiger charge is -2.47. The largest absolute Gasteiger partial charge is 0.468 e. The molecule has 3 heterocycles. The maximum Gasteiger partial charge on any atom is 0.120 e. The Kier molecular flexibility index (Phi) is 3.44. The van der Waals surface area contributed by atoms with E-state index in [4.69, 9.17) is 4.42 Å². The van der Waals surface area contributed by atoms with E-state index in [0.717, 1.165) is 5.76 Å². The molecule has 1 N–H and O–H groups in total. The Morgan fingerprint density at radius 1 is 1.39 bits per heavy atom. The highest BCUT2D eigenvalue weighted by molar-refractivity contribution is 5.05. The van der Waals surface area contributed by atoms with Crippen LogP contribution in [0.4, 0.5) is 0 Å². The Hall–Kier alpha value is -0.800. The zero-order valence-corrected chi connectivity index (χ0v) is 11.3. The van der Waals surface area contributed by atoms with Crippen molar-refractivity contribution in [3.63, 3.8) is 0 Å². The van der Waals surface area contributed by atoms with Crippen molar-refractivity contribution in [2.24, 2.45) is 5.41 Å². The third kappa shape index (κ3) is 2.34. The summed E-state index contributed by atoms with van der Waals surface area (Å²) in [5.74, 6) is 1.11. The van der Waals surface area contributed by atoms with Crippen LogP contribution in [0.2, 0.25) is 0 Å². The molecule has 1 aromatic heterocycles. The zero-order valence-electron chi connectivity index (χ0n) is 11.3. The van der Waals surface area contributed by atoms with Crippen LogP contribution in [0.1, 0.15) is 44.4 Å². The van der Waals surface area contributed by atoms with Crippen LogP contribution >= 0.6 is 0 Å². The van der Waals surface area contributed by atoms with E-state index in [2.05, 4.69) is 23.2 Å². The molecule has 0 aliphatic carbocycles. The second kappa shape index (κ2) is 5.06. The van der Waals surface area contributed by atoms with Gasteiger partial charge in [-0.1, -0.05) is 0 Å². The molecule has 1 aromatic rings. The van der Waals surface area contributed by atoms with Gasteiger partial charge in [0.25, 0.3) is 0 Å². The Morgan fingerprint density at radius 3 is 3.00 bits per heavy atom. The van der Waals surface area contributed by atoms with Gasteiger partial charge >= 0.3 is 0 Å². The number of piperidine rings is 2. The number of nitrogens with zero attached hydrogens (tertiary/aromatic N) is 1. The summed E-state index contributed by atoms with van der Waals surface area (Å²) >= 11 is 0. The molecule has 0 bridgehead atoms. The minimum absolute atomic E-state index is 0.416. The Labute approximate surface area is 110 Å². The maximum atomic E-state index is 5.57. The molecule has 2 atom stereocenters. The quantitative estimate of drug-likeness (QED) is 0.872. The lowest BCUT2D eigenvalue weighted by Crippen LogP contribution is -2.51. The van der Waals surface area contributed by atoms with Gasteiger partial charge in [-0.3, -0.25) is 4.90 Å². The van der Waals surface area contributed by atoms with Gasteiger partial charge in [0.15, 0.2) is 0 Å². The molecule has 3 heteroatoms. The molecule has 3 rings (SSSR count). The molecule has 0 amide bonds. The summed E-state index contributed by atoms with van der Waals surface area (Å²) in [6.07, 6.45) is 7.23. The molecule has 100 valence electrons. The Bertz CT molecular complexity index is 362. The first-order valence-corrected chi connectivity index (χ1v) is 7.27. The van der Waals surface area contributed by atoms with Crippen LogP contribution in [0.15, 0.2) is 22.8 Å². The molecule has 3 nitrogen and oxygen atoms in total. The zero-order chi connectivity index (χ0) is 12.4. The highest BCUT2D eigenvalue weighted by Gasteiger charge is 2.38. The first kappa shape index (κ1) is 12.2. The van der Waals surface area contributed by atoms with Crippen LogP contribution in [0.25, 0.3) is 0 Å². The van der Waals surface area contributed by atoms with E-state index in [1.807, 2.05) is 6.07 Å². The normalized spacial score (nSPS) is 31.6. The van der Waals surface area contributed by atoms with E-state index in [9.17, 15) is 0 Å². The molecule has 2 fully saturated rings. The topological polar surface area (TPSA) is 28.4 Å². The summed E-state index contributed by atoms with van der Waals surface area (Å²) in [4.78, 5) is 2.61. The number of likely N-dealkylation sites (tertiary alicyclic amines) is 1. The van der Waals surface area contributed by atoms with Gasteiger partial charge in [0.2, 0.25) is 0 Å². The predicted octanol–water partition coefficient (Wildman–Crippen LogP) is 2.81. The minimum atomic E-state index is 0.416. The van der Waals surface area contributed by atoms with Crippen LogP contribution < -0.4 is 5.32 Å². The second-order valence-electron chi connectivity index (χ2n) is 6.05. The second-order valence-corrected chi connectivity index (χ2v) is 6.05. The number of hydrogen-bond acceptors (Lipinski definition) is 3. The third-order valence-corrected chi connectivity index (χ3v) is 4.75. The average molecular weight is 248 g/mol. The number of furan rings is 1. The van der Waals surface area contributed by atoms with Crippen molar-refractivity contribution < 1.29 is 4.42 Å². The van der Waals surface area contributed by atoms with Gasteiger partial charge in [-0.15, -0.1) is 0 Å². The van der Waals surface area contributed by atoms with Crippen LogP contribution in [0.3, 0.4) is 0 Å². The van der Waals surface area contributed by atoms with E-state index >= 15 is 0 Å². The van der Waals surface area contributed by atoms with Crippen molar-refractivity contribution in [2.45, 2.75) is 38.6 Å². The summed E-state index contributed by atoms with van der Waals surface area (Å²) in [6.45, 7) is 7.11. The van der Waals surface area contributed by atoms with Crippen molar-refractivity contribution >= 4 is 0 Å². The molecule has 0 radical (unpaired) electrons. The van der Waals surface area contributed by atoms with Gasteiger partial charge < -0.3 is 9.73 Å². The molecule has 2 unspecified atom stereocenters. The monoisotopic (exact) mass is 248 g/mol. The SMILES string of the molecule is CC(c1ccco1)N1CCCC2(CCCNC2)C1. The first-order chi connectivity index (χ1) is 8.79. The maximum absolute atomic E-state index is 5.57. The third-order valence-electron chi connectivity index (χ3n) is 4.75. The van der Waals surface area contributed by atoms with E-state index in [0.29, 0.717) is 11.5 Å². The highest BCUT2D eigenvalue weighted by atomic mass is 16.3. The van der Waals surface area contributed by atoms with E-state index in [1.165, 1.54) is 51.9 Å². The number of hydrogen-bond donors (Lipinski definition) is 1. The standard InChI is InChI=1S/C15H24N2O/c1-13(14-5-2-10-18-14)17-9-4-7-15(12-17)6-3-8-16-11-15/h2,5,10,13,16H,3-4,6-9,11-12H2,1H3. The van der Waals surface area contributed by atoms with Crippen LogP contribution in [-0.2, 0) is 0 Å². The number of rotatable bonds is 2. The van der Waals surface area contributed by atoms with Crippen LogP contribution in [-0.4, -0.2) is 31.1 Å². The molecule has 2 aliphatic heterocycles.